The lowest BCUT2D eigenvalue weighted by Crippen LogP contribution is -2.22. The normalized spacial score (nSPS) is 10.7. The maximum atomic E-state index is 12.0. The highest BCUT2D eigenvalue weighted by Gasteiger charge is 2.06. The lowest BCUT2D eigenvalue weighted by molar-refractivity contribution is -0.118. The number of anilines is 1. The largest absolute Gasteiger partial charge is 0.483 e. The fourth-order valence-electron chi connectivity index (χ4n) is 2.46. The smallest absolute Gasteiger partial charge is 0.262 e. The molecule has 2 rings (SSSR count). The molecular weight excluding hydrogens is 300 g/mol. The Hall–Kier alpha value is -2.33. The van der Waals surface area contributed by atoms with E-state index in [0.29, 0.717) is 0 Å². The molecule has 0 saturated carbocycles. The molecule has 4 heteroatoms. The van der Waals surface area contributed by atoms with Gasteiger partial charge < -0.3 is 10.1 Å². The fraction of sp³-hybridized carbons (Fsp3) is 0.350. The summed E-state index contributed by atoms with van der Waals surface area (Å²) in [5.74, 6) is 0.581. The summed E-state index contributed by atoms with van der Waals surface area (Å²) in [5.41, 5.74) is 3.05. The minimum absolute atomic E-state index is 0.00600. The Labute approximate surface area is 144 Å². The SMILES string of the molecule is CCN(CC)Cc1ccc(NC(=O)COc2ccccc2C)cc1. The number of benzene rings is 2. The molecular formula is C20H26N2O2. The van der Waals surface area contributed by atoms with E-state index in [-0.39, 0.29) is 12.5 Å². The number of nitrogens with zero attached hydrogens (tertiary/aromatic N) is 1. The molecule has 0 bridgehead atoms. The number of amides is 1. The summed E-state index contributed by atoms with van der Waals surface area (Å²) in [6.07, 6.45) is 0. The molecule has 2 aromatic rings. The zero-order valence-corrected chi connectivity index (χ0v) is 14.7. The Morgan fingerprint density at radius 2 is 1.71 bits per heavy atom. The number of carbonyl (C=O) groups is 1. The van der Waals surface area contributed by atoms with Crippen LogP contribution in [-0.2, 0) is 11.3 Å². The van der Waals surface area contributed by atoms with Crippen molar-refractivity contribution in [3.05, 3.63) is 59.7 Å². The lowest BCUT2D eigenvalue weighted by atomic mass is 10.2. The first-order valence-electron chi connectivity index (χ1n) is 8.42. The van der Waals surface area contributed by atoms with Crippen LogP contribution in [0.15, 0.2) is 48.5 Å². The van der Waals surface area contributed by atoms with Crippen molar-refractivity contribution in [1.82, 2.24) is 4.90 Å². The maximum absolute atomic E-state index is 12.0. The number of ether oxygens (including phenoxy) is 1. The molecule has 0 aliphatic carbocycles. The summed E-state index contributed by atoms with van der Waals surface area (Å²) in [6.45, 7) is 9.28. The van der Waals surface area contributed by atoms with Crippen LogP contribution < -0.4 is 10.1 Å². The second-order valence-electron chi connectivity index (χ2n) is 5.76. The Morgan fingerprint density at radius 3 is 2.33 bits per heavy atom. The third kappa shape index (κ3) is 5.39. The van der Waals surface area contributed by atoms with Crippen molar-refractivity contribution in [2.45, 2.75) is 27.3 Å². The van der Waals surface area contributed by atoms with Gasteiger partial charge in [-0.2, -0.15) is 0 Å². The molecule has 0 aliphatic heterocycles. The molecule has 0 radical (unpaired) electrons. The van der Waals surface area contributed by atoms with E-state index in [1.165, 1.54) is 5.56 Å². The number of nitrogens with one attached hydrogen (secondary N) is 1. The molecule has 0 aromatic heterocycles. The number of rotatable bonds is 8. The van der Waals surface area contributed by atoms with E-state index in [2.05, 4.69) is 36.2 Å². The predicted octanol–water partition coefficient (Wildman–Crippen LogP) is 3.85. The topological polar surface area (TPSA) is 41.6 Å². The van der Waals surface area contributed by atoms with Crippen molar-refractivity contribution >= 4 is 11.6 Å². The first-order valence-corrected chi connectivity index (χ1v) is 8.42. The van der Waals surface area contributed by atoms with E-state index in [1.54, 1.807) is 0 Å². The van der Waals surface area contributed by atoms with Crippen LogP contribution in [0.1, 0.15) is 25.0 Å². The van der Waals surface area contributed by atoms with Crippen molar-refractivity contribution in [3.63, 3.8) is 0 Å². The van der Waals surface area contributed by atoms with Crippen LogP contribution in [0.5, 0.6) is 5.75 Å². The Kier molecular flexibility index (Phi) is 6.82. The van der Waals surface area contributed by atoms with E-state index in [1.807, 2.05) is 43.3 Å². The minimum Gasteiger partial charge on any atom is -0.483 e. The molecule has 2 aromatic carbocycles. The Morgan fingerprint density at radius 1 is 1.04 bits per heavy atom. The van der Waals surface area contributed by atoms with E-state index in [4.69, 9.17) is 4.74 Å². The first kappa shape index (κ1) is 18.0. The summed E-state index contributed by atoms with van der Waals surface area (Å²) >= 11 is 0. The summed E-state index contributed by atoms with van der Waals surface area (Å²) in [6, 6.07) is 15.6. The molecule has 0 atom stereocenters. The predicted molar refractivity (Wildman–Crippen MR) is 98.4 cm³/mol. The van der Waals surface area contributed by atoms with Gasteiger partial charge in [0.2, 0.25) is 0 Å². The summed E-state index contributed by atoms with van der Waals surface area (Å²) in [7, 11) is 0. The van der Waals surface area contributed by atoms with Gasteiger partial charge in [-0.25, -0.2) is 0 Å². The number of carbonyl (C=O) groups excluding carboxylic acids is 1. The molecule has 0 unspecified atom stereocenters. The molecule has 1 amide bonds. The van der Waals surface area contributed by atoms with E-state index < -0.39 is 0 Å². The molecule has 0 heterocycles. The van der Waals surface area contributed by atoms with Crippen molar-refractivity contribution in [1.29, 1.82) is 0 Å². The van der Waals surface area contributed by atoms with Gasteiger partial charge in [-0.15, -0.1) is 0 Å². The van der Waals surface area contributed by atoms with Gasteiger partial charge in [-0.05, 0) is 49.3 Å². The summed E-state index contributed by atoms with van der Waals surface area (Å²) < 4.78 is 5.56. The molecule has 0 aliphatic rings. The molecule has 0 fully saturated rings. The van der Waals surface area contributed by atoms with E-state index in [9.17, 15) is 4.79 Å². The highest BCUT2D eigenvalue weighted by atomic mass is 16.5. The van der Waals surface area contributed by atoms with Crippen molar-refractivity contribution < 1.29 is 9.53 Å². The van der Waals surface area contributed by atoms with Crippen LogP contribution in [0.2, 0.25) is 0 Å². The highest BCUT2D eigenvalue weighted by Crippen LogP contribution is 2.16. The second kappa shape index (κ2) is 9.08. The van der Waals surface area contributed by atoms with Crippen LogP contribution in [0.25, 0.3) is 0 Å². The van der Waals surface area contributed by atoms with Crippen LogP contribution in [-0.4, -0.2) is 30.5 Å². The van der Waals surface area contributed by atoms with Gasteiger partial charge >= 0.3 is 0 Å². The molecule has 4 nitrogen and oxygen atoms in total. The van der Waals surface area contributed by atoms with Crippen LogP contribution >= 0.6 is 0 Å². The monoisotopic (exact) mass is 326 g/mol. The lowest BCUT2D eigenvalue weighted by Gasteiger charge is -2.18. The van der Waals surface area contributed by atoms with Crippen molar-refractivity contribution in [2.24, 2.45) is 0 Å². The van der Waals surface area contributed by atoms with Gasteiger partial charge in [-0.3, -0.25) is 9.69 Å². The van der Waals surface area contributed by atoms with Gasteiger partial charge in [0, 0.05) is 12.2 Å². The van der Waals surface area contributed by atoms with E-state index >= 15 is 0 Å². The van der Waals surface area contributed by atoms with Crippen molar-refractivity contribution in [3.8, 4) is 5.75 Å². The summed E-state index contributed by atoms with van der Waals surface area (Å²) in [5, 5.41) is 2.86. The Balaban J connectivity index is 1.84. The zero-order chi connectivity index (χ0) is 17.4. The maximum Gasteiger partial charge on any atom is 0.262 e. The third-order valence-corrected chi connectivity index (χ3v) is 3.99. The van der Waals surface area contributed by atoms with Gasteiger partial charge in [0.05, 0.1) is 0 Å². The molecule has 24 heavy (non-hydrogen) atoms. The summed E-state index contributed by atoms with van der Waals surface area (Å²) in [4.78, 5) is 14.4. The number of hydrogen-bond acceptors (Lipinski definition) is 3. The first-order chi connectivity index (χ1) is 11.6. The highest BCUT2D eigenvalue weighted by molar-refractivity contribution is 5.91. The van der Waals surface area contributed by atoms with E-state index in [0.717, 1.165) is 36.6 Å². The van der Waals surface area contributed by atoms with Crippen LogP contribution in [0.3, 0.4) is 0 Å². The van der Waals surface area contributed by atoms with Crippen molar-refractivity contribution in [2.75, 3.05) is 25.0 Å². The van der Waals surface area contributed by atoms with Crippen LogP contribution in [0, 0.1) is 6.92 Å². The van der Waals surface area contributed by atoms with Gasteiger partial charge in [0.15, 0.2) is 6.61 Å². The molecule has 0 saturated heterocycles. The zero-order valence-electron chi connectivity index (χ0n) is 14.7. The quantitative estimate of drug-likeness (QED) is 0.801. The fourth-order valence-corrected chi connectivity index (χ4v) is 2.46. The molecule has 128 valence electrons. The number of para-hydroxylation sites is 1. The average Bonchev–Trinajstić information content (AvgIpc) is 2.60. The Bertz CT molecular complexity index is 649. The number of hydrogen-bond donors (Lipinski definition) is 1. The van der Waals surface area contributed by atoms with Gasteiger partial charge in [0.1, 0.15) is 5.75 Å². The molecule has 0 spiro atoms. The number of aryl methyl sites for hydroxylation is 1. The minimum atomic E-state index is -0.158. The van der Waals surface area contributed by atoms with Gasteiger partial charge in [0.25, 0.3) is 5.91 Å². The second-order valence-corrected chi connectivity index (χ2v) is 5.76. The standard InChI is InChI=1S/C20H26N2O2/c1-4-22(5-2)14-17-10-12-18(13-11-17)21-20(23)15-24-19-9-7-6-8-16(19)3/h6-13H,4-5,14-15H2,1-3H3,(H,21,23). The third-order valence-electron chi connectivity index (χ3n) is 3.99. The molecule has 1 N–H and O–H groups in total. The van der Waals surface area contributed by atoms with Gasteiger partial charge in [-0.1, -0.05) is 44.2 Å². The average molecular weight is 326 g/mol. The van der Waals surface area contributed by atoms with Crippen LogP contribution in [0.4, 0.5) is 5.69 Å².